The predicted octanol–water partition coefficient (Wildman–Crippen LogP) is 4.29. The van der Waals surface area contributed by atoms with Gasteiger partial charge in [-0.25, -0.2) is 0 Å². The highest BCUT2D eigenvalue weighted by atomic mass is 16.3. The molecule has 1 N–H and O–H groups in total. The molecule has 0 spiro atoms. The van der Waals surface area contributed by atoms with Crippen LogP contribution in [-0.2, 0) is 0 Å². The summed E-state index contributed by atoms with van der Waals surface area (Å²) in [6.07, 6.45) is 14.5. The van der Waals surface area contributed by atoms with Gasteiger partial charge in [-0.05, 0) is 30.6 Å². The molecule has 2 aliphatic rings. The molecule has 0 aromatic heterocycles. The number of hydrogen-bond acceptors (Lipinski definition) is 1. The van der Waals surface area contributed by atoms with Crippen molar-refractivity contribution in [1.29, 1.82) is 0 Å². The van der Waals surface area contributed by atoms with Crippen LogP contribution in [-0.4, -0.2) is 11.2 Å². The minimum absolute atomic E-state index is 0.0316. The van der Waals surface area contributed by atoms with E-state index in [1.807, 2.05) is 0 Å². The molecule has 1 unspecified atom stereocenters. The van der Waals surface area contributed by atoms with Gasteiger partial charge in [0.15, 0.2) is 0 Å². The molecule has 0 aromatic rings. The lowest BCUT2D eigenvalue weighted by atomic mass is 9.69. The molecule has 2 fully saturated rings. The Kier molecular flexibility index (Phi) is 4.29. The van der Waals surface area contributed by atoms with Crippen molar-refractivity contribution < 1.29 is 5.11 Å². The van der Waals surface area contributed by atoms with E-state index in [1.54, 1.807) is 0 Å². The van der Waals surface area contributed by atoms with Crippen LogP contribution in [0.15, 0.2) is 0 Å². The molecular weight excluding hydrogens is 196 g/mol. The fourth-order valence-corrected chi connectivity index (χ4v) is 3.72. The van der Waals surface area contributed by atoms with Gasteiger partial charge in [0.2, 0.25) is 0 Å². The first-order valence-electron chi connectivity index (χ1n) is 7.39. The largest absolute Gasteiger partial charge is 0.393 e. The molecule has 16 heavy (non-hydrogen) atoms. The number of aliphatic hydroxyl groups excluding tert-OH is 1. The lowest BCUT2D eigenvalue weighted by Crippen LogP contribution is -2.36. The second-order valence-corrected chi connectivity index (χ2v) is 6.47. The molecule has 0 bridgehead atoms. The molecule has 2 aliphatic carbocycles. The summed E-state index contributed by atoms with van der Waals surface area (Å²) >= 11 is 0. The van der Waals surface area contributed by atoms with E-state index in [-0.39, 0.29) is 11.5 Å². The van der Waals surface area contributed by atoms with Crippen molar-refractivity contribution in [2.75, 3.05) is 0 Å². The molecule has 0 amide bonds. The van der Waals surface area contributed by atoms with E-state index in [0.29, 0.717) is 0 Å². The van der Waals surface area contributed by atoms with Crippen molar-refractivity contribution >= 4 is 0 Å². The molecular formula is C15H28O. The van der Waals surface area contributed by atoms with Crippen molar-refractivity contribution in [3.63, 3.8) is 0 Å². The monoisotopic (exact) mass is 224 g/mol. The first-order valence-corrected chi connectivity index (χ1v) is 7.39. The van der Waals surface area contributed by atoms with Gasteiger partial charge in [-0.3, -0.25) is 0 Å². The van der Waals surface area contributed by atoms with E-state index < -0.39 is 0 Å². The second-order valence-electron chi connectivity index (χ2n) is 6.47. The van der Waals surface area contributed by atoms with Crippen LogP contribution in [0.4, 0.5) is 0 Å². The zero-order valence-corrected chi connectivity index (χ0v) is 10.9. The van der Waals surface area contributed by atoms with Gasteiger partial charge in [0.25, 0.3) is 0 Å². The van der Waals surface area contributed by atoms with Crippen LogP contribution in [0.25, 0.3) is 0 Å². The van der Waals surface area contributed by atoms with Crippen LogP contribution < -0.4 is 0 Å². The van der Waals surface area contributed by atoms with Gasteiger partial charge in [-0.1, -0.05) is 58.3 Å². The summed E-state index contributed by atoms with van der Waals surface area (Å²) in [5.74, 6) is 0.822. The Morgan fingerprint density at radius 2 is 1.56 bits per heavy atom. The maximum Gasteiger partial charge on any atom is 0.0596 e. The Labute approximate surface area is 101 Å². The van der Waals surface area contributed by atoms with Gasteiger partial charge in [-0.2, -0.15) is 0 Å². The highest BCUT2D eigenvalue weighted by Gasteiger charge is 2.35. The summed E-state index contributed by atoms with van der Waals surface area (Å²) in [4.78, 5) is 0. The Balaban J connectivity index is 1.83. The highest BCUT2D eigenvalue weighted by molar-refractivity contribution is 4.86. The third-order valence-electron chi connectivity index (χ3n) is 5.08. The Bertz CT molecular complexity index is 199. The molecule has 0 radical (unpaired) electrons. The minimum atomic E-state index is -0.0316. The van der Waals surface area contributed by atoms with Crippen molar-refractivity contribution in [2.45, 2.75) is 83.7 Å². The topological polar surface area (TPSA) is 20.2 Å². The normalized spacial score (nSPS) is 28.9. The van der Waals surface area contributed by atoms with Crippen molar-refractivity contribution in [3.05, 3.63) is 0 Å². The average Bonchev–Trinajstić information content (AvgIpc) is 2.31. The molecule has 1 heteroatoms. The zero-order valence-electron chi connectivity index (χ0n) is 10.9. The summed E-state index contributed by atoms with van der Waals surface area (Å²) in [7, 11) is 0. The van der Waals surface area contributed by atoms with E-state index in [1.165, 1.54) is 64.2 Å². The van der Waals surface area contributed by atoms with Crippen LogP contribution in [0.1, 0.15) is 77.6 Å². The van der Waals surface area contributed by atoms with E-state index in [2.05, 4.69) is 6.92 Å². The second kappa shape index (κ2) is 5.53. The number of aliphatic hydroxyl groups is 1. The molecule has 1 atom stereocenters. The number of hydrogen-bond donors (Lipinski definition) is 1. The zero-order chi connectivity index (χ0) is 11.4. The van der Waals surface area contributed by atoms with Crippen molar-refractivity contribution in [1.82, 2.24) is 0 Å². The molecule has 2 saturated carbocycles. The maximum atomic E-state index is 10.5. The van der Waals surface area contributed by atoms with Gasteiger partial charge in [-0.15, -0.1) is 0 Å². The van der Waals surface area contributed by atoms with Crippen LogP contribution in [0.3, 0.4) is 0 Å². The van der Waals surface area contributed by atoms with E-state index >= 15 is 0 Å². The molecule has 0 aliphatic heterocycles. The Hall–Kier alpha value is -0.0400. The summed E-state index contributed by atoms with van der Waals surface area (Å²) in [6, 6.07) is 0. The lowest BCUT2D eigenvalue weighted by Gasteiger charge is -2.39. The standard InChI is InChI=1S/C15H28O/c1-15(10-6-3-7-11-15)14(16)12-13-8-4-2-5-9-13/h13-14,16H,2-12H2,1H3. The molecule has 0 aromatic carbocycles. The van der Waals surface area contributed by atoms with Gasteiger partial charge in [0.1, 0.15) is 0 Å². The van der Waals surface area contributed by atoms with Crippen LogP contribution in [0.2, 0.25) is 0 Å². The van der Waals surface area contributed by atoms with Crippen LogP contribution >= 0.6 is 0 Å². The Morgan fingerprint density at radius 1 is 1.00 bits per heavy atom. The maximum absolute atomic E-state index is 10.5. The molecule has 1 nitrogen and oxygen atoms in total. The van der Waals surface area contributed by atoms with E-state index in [0.717, 1.165) is 12.3 Å². The Morgan fingerprint density at radius 3 is 2.19 bits per heavy atom. The van der Waals surface area contributed by atoms with Gasteiger partial charge in [0, 0.05) is 0 Å². The van der Waals surface area contributed by atoms with Gasteiger partial charge in [0.05, 0.1) is 6.10 Å². The average molecular weight is 224 g/mol. The SMILES string of the molecule is CC1(C(O)CC2CCCCC2)CCCCC1. The van der Waals surface area contributed by atoms with Crippen molar-refractivity contribution in [3.8, 4) is 0 Å². The van der Waals surface area contributed by atoms with Crippen LogP contribution in [0, 0.1) is 11.3 Å². The molecule has 94 valence electrons. The highest BCUT2D eigenvalue weighted by Crippen LogP contribution is 2.42. The first-order chi connectivity index (χ1) is 7.71. The molecule has 2 rings (SSSR count). The molecule has 0 heterocycles. The lowest BCUT2D eigenvalue weighted by molar-refractivity contribution is -0.00972. The summed E-state index contributed by atoms with van der Waals surface area (Å²) in [5, 5.41) is 10.5. The third-order valence-corrected chi connectivity index (χ3v) is 5.08. The van der Waals surface area contributed by atoms with E-state index in [4.69, 9.17) is 0 Å². The fourth-order valence-electron chi connectivity index (χ4n) is 3.72. The van der Waals surface area contributed by atoms with Gasteiger partial charge < -0.3 is 5.11 Å². The summed E-state index contributed by atoms with van der Waals surface area (Å²) in [5.41, 5.74) is 0.246. The molecule has 0 saturated heterocycles. The smallest absolute Gasteiger partial charge is 0.0596 e. The predicted molar refractivity (Wildman–Crippen MR) is 68.4 cm³/mol. The summed E-state index contributed by atoms with van der Waals surface area (Å²) < 4.78 is 0. The van der Waals surface area contributed by atoms with Crippen LogP contribution in [0.5, 0.6) is 0 Å². The number of rotatable bonds is 3. The van der Waals surface area contributed by atoms with Crippen molar-refractivity contribution in [2.24, 2.45) is 11.3 Å². The van der Waals surface area contributed by atoms with E-state index in [9.17, 15) is 5.11 Å². The first kappa shape index (κ1) is 12.4. The minimum Gasteiger partial charge on any atom is -0.393 e. The third kappa shape index (κ3) is 3.00. The quantitative estimate of drug-likeness (QED) is 0.758. The van der Waals surface area contributed by atoms with Gasteiger partial charge >= 0.3 is 0 Å². The summed E-state index contributed by atoms with van der Waals surface area (Å²) in [6.45, 7) is 2.32. The fraction of sp³-hybridized carbons (Fsp3) is 1.00.